The summed E-state index contributed by atoms with van der Waals surface area (Å²) in [4.78, 5) is 10.9. The number of ether oxygens (including phenoxy) is 3. The fraction of sp³-hybridized carbons (Fsp3) is 0.211. The van der Waals surface area contributed by atoms with Crippen molar-refractivity contribution < 1.29 is 29.2 Å². The van der Waals surface area contributed by atoms with E-state index in [1.807, 2.05) is 6.07 Å². The SMILES string of the molecule is O=C(O)C1=COc2ccc(OCCNCC(O)c3cccc(Cl)c3)cc2O1. The van der Waals surface area contributed by atoms with Crippen LogP contribution < -0.4 is 19.5 Å². The Balaban J connectivity index is 1.44. The molecule has 0 saturated carbocycles. The fourth-order valence-electron chi connectivity index (χ4n) is 2.42. The largest absolute Gasteiger partial charge is 0.492 e. The van der Waals surface area contributed by atoms with Gasteiger partial charge in [-0.3, -0.25) is 0 Å². The van der Waals surface area contributed by atoms with E-state index in [0.717, 1.165) is 11.8 Å². The van der Waals surface area contributed by atoms with E-state index < -0.39 is 12.1 Å². The lowest BCUT2D eigenvalue weighted by Crippen LogP contribution is -2.26. The van der Waals surface area contributed by atoms with Crippen molar-refractivity contribution >= 4 is 17.6 Å². The summed E-state index contributed by atoms with van der Waals surface area (Å²) in [5.41, 5.74) is 0.741. The number of aliphatic carboxylic acids is 1. The molecule has 8 heteroatoms. The molecule has 0 radical (unpaired) electrons. The first-order chi connectivity index (χ1) is 13.0. The molecule has 1 unspecified atom stereocenters. The summed E-state index contributed by atoms with van der Waals surface area (Å²) in [5, 5.41) is 22.7. The van der Waals surface area contributed by atoms with Gasteiger partial charge in [-0.2, -0.15) is 0 Å². The molecule has 7 nitrogen and oxygen atoms in total. The summed E-state index contributed by atoms with van der Waals surface area (Å²) in [7, 11) is 0. The number of hydrogen-bond donors (Lipinski definition) is 3. The molecule has 0 spiro atoms. The van der Waals surface area contributed by atoms with Crippen LogP contribution in [0.3, 0.4) is 0 Å². The molecule has 1 heterocycles. The zero-order valence-electron chi connectivity index (χ0n) is 14.2. The lowest BCUT2D eigenvalue weighted by molar-refractivity contribution is -0.135. The molecule has 1 aliphatic rings. The van der Waals surface area contributed by atoms with Gasteiger partial charge in [0.1, 0.15) is 18.6 Å². The van der Waals surface area contributed by atoms with Crippen LogP contribution in [0.25, 0.3) is 0 Å². The predicted molar refractivity (Wildman–Crippen MR) is 98.2 cm³/mol. The van der Waals surface area contributed by atoms with E-state index >= 15 is 0 Å². The van der Waals surface area contributed by atoms with E-state index in [2.05, 4.69) is 5.32 Å². The Hall–Kier alpha value is -2.74. The lowest BCUT2D eigenvalue weighted by Gasteiger charge is -2.17. The number of benzene rings is 2. The van der Waals surface area contributed by atoms with Gasteiger partial charge < -0.3 is 29.7 Å². The van der Waals surface area contributed by atoms with E-state index in [0.29, 0.717) is 36.2 Å². The average molecular weight is 392 g/mol. The molecule has 0 aliphatic carbocycles. The third-order valence-corrected chi connectivity index (χ3v) is 3.99. The Labute approximate surface area is 160 Å². The van der Waals surface area contributed by atoms with Gasteiger partial charge in [-0.1, -0.05) is 23.7 Å². The molecule has 0 saturated heterocycles. The van der Waals surface area contributed by atoms with Crippen molar-refractivity contribution in [3.8, 4) is 17.2 Å². The van der Waals surface area contributed by atoms with Crippen LogP contribution in [-0.2, 0) is 4.79 Å². The minimum atomic E-state index is -1.21. The van der Waals surface area contributed by atoms with Crippen LogP contribution in [0.2, 0.25) is 5.02 Å². The summed E-state index contributed by atoms with van der Waals surface area (Å²) >= 11 is 5.91. The predicted octanol–water partition coefficient (Wildman–Crippen LogP) is 2.74. The van der Waals surface area contributed by atoms with Crippen molar-refractivity contribution in [1.82, 2.24) is 5.32 Å². The summed E-state index contributed by atoms with van der Waals surface area (Å²) in [5.74, 6) is -0.307. The number of nitrogens with one attached hydrogen (secondary N) is 1. The first-order valence-electron chi connectivity index (χ1n) is 8.22. The van der Waals surface area contributed by atoms with Gasteiger partial charge in [-0.25, -0.2) is 4.79 Å². The van der Waals surface area contributed by atoms with Crippen molar-refractivity contribution in [2.24, 2.45) is 0 Å². The second-order valence-corrected chi connectivity index (χ2v) is 6.18. The molecular weight excluding hydrogens is 374 g/mol. The van der Waals surface area contributed by atoms with Gasteiger partial charge in [0, 0.05) is 24.2 Å². The molecule has 0 amide bonds. The lowest BCUT2D eigenvalue weighted by atomic mass is 10.1. The van der Waals surface area contributed by atoms with Crippen molar-refractivity contribution in [2.75, 3.05) is 19.7 Å². The number of carboxylic acid groups (broad SMARTS) is 1. The second kappa shape index (κ2) is 8.77. The smallest absolute Gasteiger partial charge is 0.375 e. The summed E-state index contributed by atoms with van der Waals surface area (Å²) in [6.45, 7) is 1.22. The highest BCUT2D eigenvalue weighted by molar-refractivity contribution is 6.30. The second-order valence-electron chi connectivity index (χ2n) is 5.74. The summed E-state index contributed by atoms with van der Waals surface area (Å²) < 4.78 is 16.1. The van der Waals surface area contributed by atoms with E-state index in [4.69, 9.17) is 30.9 Å². The molecule has 142 valence electrons. The zero-order chi connectivity index (χ0) is 19.2. The Kier molecular flexibility index (Phi) is 6.18. The molecule has 27 heavy (non-hydrogen) atoms. The molecule has 1 aliphatic heterocycles. The topological polar surface area (TPSA) is 97.3 Å². The highest BCUT2D eigenvalue weighted by Crippen LogP contribution is 2.35. The van der Waals surface area contributed by atoms with E-state index in [1.54, 1.807) is 36.4 Å². The van der Waals surface area contributed by atoms with E-state index in [9.17, 15) is 9.90 Å². The molecule has 2 aromatic rings. The number of rotatable bonds is 8. The number of aliphatic hydroxyl groups is 1. The van der Waals surface area contributed by atoms with Crippen molar-refractivity contribution in [3.63, 3.8) is 0 Å². The fourth-order valence-corrected chi connectivity index (χ4v) is 2.62. The highest BCUT2D eigenvalue weighted by Gasteiger charge is 2.20. The summed E-state index contributed by atoms with van der Waals surface area (Å²) in [6.07, 6.45) is 0.375. The molecule has 1 atom stereocenters. The summed E-state index contributed by atoms with van der Waals surface area (Å²) in [6, 6.07) is 12.0. The van der Waals surface area contributed by atoms with Crippen molar-refractivity contribution in [1.29, 1.82) is 0 Å². The maximum Gasteiger partial charge on any atom is 0.375 e. The molecule has 0 bridgehead atoms. The van der Waals surface area contributed by atoms with Gasteiger partial charge in [0.25, 0.3) is 0 Å². The quantitative estimate of drug-likeness (QED) is 0.595. The van der Waals surface area contributed by atoms with Crippen molar-refractivity contribution in [2.45, 2.75) is 6.10 Å². The van der Waals surface area contributed by atoms with E-state index in [1.165, 1.54) is 0 Å². The van der Waals surface area contributed by atoms with Crippen LogP contribution in [0, 0.1) is 0 Å². The number of fused-ring (bicyclic) bond motifs is 1. The molecule has 0 fully saturated rings. The number of aliphatic hydroxyl groups excluding tert-OH is 1. The average Bonchev–Trinajstić information content (AvgIpc) is 2.67. The van der Waals surface area contributed by atoms with Crippen LogP contribution in [-0.4, -0.2) is 35.9 Å². The van der Waals surface area contributed by atoms with Gasteiger partial charge in [-0.05, 0) is 29.8 Å². The van der Waals surface area contributed by atoms with Crippen LogP contribution in [0.1, 0.15) is 11.7 Å². The minimum Gasteiger partial charge on any atom is -0.492 e. The van der Waals surface area contributed by atoms with Crippen molar-refractivity contribution in [3.05, 3.63) is 65.1 Å². The first-order valence-corrected chi connectivity index (χ1v) is 8.60. The van der Waals surface area contributed by atoms with Crippen LogP contribution >= 0.6 is 11.6 Å². The van der Waals surface area contributed by atoms with Crippen LogP contribution in [0.5, 0.6) is 17.2 Å². The maximum atomic E-state index is 10.9. The van der Waals surface area contributed by atoms with Crippen LogP contribution in [0.15, 0.2) is 54.5 Å². The number of hydrogen-bond acceptors (Lipinski definition) is 6. The third-order valence-electron chi connectivity index (χ3n) is 3.76. The Morgan fingerprint density at radius 1 is 1.22 bits per heavy atom. The van der Waals surface area contributed by atoms with Gasteiger partial charge in [0.05, 0.1) is 6.10 Å². The Morgan fingerprint density at radius 3 is 2.85 bits per heavy atom. The number of carboxylic acids is 1. The van der Waals surface area contributed by atoms with Gasteiger partial charge in [0.15, 0.2) is 11.5 Å². The van der Waals surface area contributed by atoms with Gasteiger partial charge in [0.2, 0.25) is 5.76 Å². The molecular formula is C19H18ClNO6. The molecule has 0 aromatic heterocycles. The van der Waals surface area contributed by atoms with Gasteiger partial charge in [-0.15, -0.1) is 0 Å². The number of carbonyl (C=O) groups is 1. The molecule has 3 rings (SSSR count). The minimum absolute atomic E-state index is 0.275. The monoisotopic (exact) mass is 391 g/mol. The van der Waals surface area contributed by atoms with Gasteiger partial charge >= 0.3 is 5.97 Å². The number of halogens is 1. The first kappa shape index (κ1) is 19.0. The maximum absolute atomic E-state index is 10.9. The normalized spacial score (nSPS) is 13.6. The van der Waals surface area contributed by atoms with E-state index in [-0.39, 0.29) is 11.5 Å². The standard InChI is InChI=1S/C19H18ClNO6/c20-13-3-1-2-12(8-13)15(22)10-21-6-7-25-14-4-5-16-17(9-14)27-18(11-26-16)19(23)24/h1-5,8-9,11,15,21-22H,6-7,10H2,(H,23,24). The third kappa shape index (κ3) is 5.13. The Morgan fingerprint density at radius 2 is 2.07 bits per heavy atom. The molecule has 3 N–H and O–H groups in total. The zero-order valence-corrected chi connectivity index (χ0v) is 15.0. The molecule has 2 aromatic carbocycles. The Bertz CT molecular complexity index is 854. The van der Waals surface area contributed by atoms with Crippen LogP contribution in [0.4, 0.5) is 0 Å². The highest BCUT2D eigenvalue weighted by atomic mass is 35.5.